The number of hydrogen-bond acceptors (Lipinski definition) is 3. The SMILES string of the molecule is CN=C(NCCCCC(F)(F)F)NCC1(CCO)CCOC1.I. The minimum atomic E-state index is -4.08. The number of hydrogen-bond donors (Lipinski definition) is 3. The molecule has 0 saturated carbocycles. The lowest BCUT2D eigenvalue weighted by Crippen LogP contribution is -2.44. The van der Waals surface area contributed by atoms with Gasteiger partial charge in [0.25, 0.3) is 0 Å². The summed E-state index contributed by atoms with van der Waals surface area (Å²) in [5, 5.41) is 15.3. The Balaban J connectivity index is 0.00000484. The Morgan fingerprint density at radius 1 is 1.30 bits per heavy atom. The number of nitrogens with zero attached hydrogens (tertiary/aromatic N) is 1. The van der Waals surface area contributed by atoms with Gasteiger partial charge in [0.1, 0.15) is 0 Å². The van der Waals surface area contributed by atoms with E-state index in [0.29, 0.717) is 45.1 Å². The van der Waals surface area contributed by atoms with Gasteiger partial charge in [-0.2, -0.15) is 13.2 Å². The van der Waals surface area contributed by atoms with Crippen LogP contribution in [0.5, 0.6) is 0 Å². The summed E-state index contributed by atoms with van der Waals surface area (Å²) >= 11 is 0. The number of aliphatic hydroxyl groups excluding tert-OH is 1. The second kappa shape index (κ2) is 11.3. The Morgan fingerprint density at radius 2 is 2.04 bits per heavy atom. The molecule has 1 aliphatic heterocycles. The molecule has 0 radical (unpaired) electrons. The van der Waals surface area contributed by atoms with Gasteiger partial charge in [-0.3, -0.25) is 4.99 Å². The van der Waals surface area contributed by atoms with Gasteiger partial charge in [-0.1, -0.05) is 0 Å². The minimum Gasteiger partial charge on any atom is -0.396 e. The summed E-state index contributed by atoms with van der Waals surface area (Å²) in [6, 6.07) is 0. The predicted octanol–water partition coefficient (Wildman–Crippen LogP) is 2.29. The zero-order valence-electron chi connectivity index (χ0n) is 13.4. The smallest absolute Gasteiger partial charge is 0.389 e. The van der Waals surface area contributed by atoms with E-state index in [1.54, 1.807) is 7.05 Å². The molecule has 1 rings (SSSR count). The van der Waals surface area contributed by atoms with E-state index in [1.807, 2.05) is 0 Å². The van der Waals surface area contributed by atoms with Gasteiger partial charge in [0.05, 0.1) is 6.61 Å². The molecule has 1 heterocycles. The zero-order chi connectivity index (χ0) is 16.5. The van der Waals surface area contributed by atoms with E-state index < -0.39 is 12.6 Å². The molecule has 0 aromatic rings. The molecule has 23 heavy (non-hydrogen) atoms. The highest BCUT2D eigenvalue weighted by Gasteiger charge is 2.34. The van der Waals surface area contributed by atoms with Gasteiger partial charge in [0, 0.05) is 45.2 Å². The van der Waals surface area contributed by atoms with E-state index in [4.69, 9.17) is 9.84 Å². The standard InChI is InChI=1S/C14H26F3N3O2.HI/c1-18-12(19-7-3-2-4-14(15,16)17)20-10-13(5-8-21)6-9-22-11-13;/h21H,2-11H2,1H3,(H2,18,19,20);1H. The Morgan fingerprint density at radius 3 is 2.57 bits per heavy atom. The number of unbranched alkanes of at least 4 members (excludes halogenated alkanes) is 1. The molecule has 0 spiro atoms. The quantitative estimate of drug-likeness (QED) is 0.229. The second-order valence-electron chi connectivity index (χ2n) is 5.70. The van der Waals surface area contributed by atoms with E-state index in [1.165, 1.54) is 0 Å². The zero-order valence-corrected chi connectivity index (χ0v) is 15.7. The van der Waals surface area contributed by atoms with Crippen LogP contribution in [0.15, 0.2) is 4.99 Å². The third-order valence-corrected chi connectivity index (χ3v) is 3.86. The Hall–Kier alpha value is -0.290. The Bertz CT molecular complexity index is 349. The fraction of sp³-hybridized carbons (Fsp3) is 0.929. The van der Waals surface area contributed by atoms with Crippen molar-refractivity contribution >= 4 is 29.9 Å². The van der Waals surface area contributed by atoms with Crippen LogP contribution >= 0.6 is 24.0 Å². The van der Waals surface area contributed by atoms with Crippen LogP contribution in [-0.2, 0) is 4.74 Å². The molecule has 9 heteroatoms. The van der Waals surface area contributed by atoms with Gasteiger partial charge in [-0.15, -0.1) is 24.0 Å². The summed E-state index contributed by atoms with van der Waals surface area (Å²) in [5.74, 6) is 0.566. The van der Waals surface area contributed by atoms with Gasteiger partial charge in [-0.05, 0) is 25.7 Å². The van der Waals surface area contributed by atoms with E-state index in [-0.39, 0.29) is 42.4 Å². The average molecular weight is 453 g/mol. The van der Waals surface area contributed by atoms with Crippen LogP contribution in [0.3, 0.4) is 0 Å². The molecule has 138 valence electrons. The number of halogens is 4. The summed E-state index contributed by atoms with van der Waals surface area (Å²) in [7, 11) is 1.62. The van der Waals surface area contributed by atoms with Gasteiger partial charge < -0.3 is 20.5 Å². The van der Waals surface area contributed by atoms with E-state index >= 15 is 0 Å². The highest BCUT2D eigenvalue weighted by Crippen LogP contribution is 2.31. The number of ether oxygens (including phenoxy) is 1. The molecule has 0 aromatic heterocycles. The van der Waals surface area contributed by atoms with E-state index in [0.717, 1.165) is 6.42 Å². The monoisotopic (exact) mass is 453 g/mol. The summed E-state index contributed by atoms with van der Waals surface area (Å²) < 4.78 is 41.5. The maximum atomic E-state index is 12.0. The van der Waals surface area contributed by atoms with Crippen molar-refractivity contribution in [1.82, 2.24) is 10.6 Å². The first-order valence-electron chi connectivity index (χ1n) is 7.61. The van der Waals surface area contributed by atoms with Crippen LogP contribution in [-0.4, -0.2) is 57.2 Å². The van der Waals surface area contributed by atoms with Gasteiger partial charge in [-0.25, -0.2) is 0 Å². The first-order valence-corrected chi connectivity index (χ1v) is 7.61. The fourth-order valence-electron chi connectivity index (χ4n) is 2.46. The molecule has 1 saturated heterocycles. The normalized spacial score (nSPS) is 21.9. The molecule has 1 atom stereocenters. The van der Waals surface area contributed by atoms with Crippen LogP contribution in [0, 0.1) is 5.41 Å². The predicted molar refractivity (Wildman–Crippen MR) is 94.3 cm³/mol. The topological polar surface area (TPSA) is 65.9 Å². The Labute approximate surface area is 152 Å². The van der Waals surface area contributed by atoms with Crippen LogP contribution < -0.4 is 10.6 Å². The van der Waals surface area contributed by atoms with Crippen molar-refractivity contribution < 1.29 is 23.0 Å². The maximum Gasteiger partial charge on any atom is 0.389 e. The van der Waals surface area contributed by atoms with Gasteiger partial charge >= 0.3 is 6.18 Å². The molecular weight excluding hydrogens is 426 g/mol. The molecule has 5 nitrogen and oxygen atoms in total. The van der Waals surface area contributed by atoms with Crippen molar-refractivity contribution in [2.24, 2.45) is 10.4 Å². The van der Waals surface area contributed by atoms with Crippen LogP contribution in [0.2, 0.25) is 0 Å². The molecule has 3 N–H and O–H groups in total. The number of rotatable bonds is 8. The molecule has 1 aliphatic rings. The van der Waals surface area contributed by atoms with Crippen molar-refractivity contribution in [1.29, 1.82) is 0 Å². The van der Waals surface area contributed by atoms with Crippen molar-refractivity contribution in [2.45, 2.75) is 38.3 Å². The van der Waals surface area contributed by atoms with Crippen LogP contribution in [0.4, 0.5) is 13.2 Å². The molecule has 0 amide bonds. The lowest BCUT2D eigenvalue weighted by atomic mass is 9.84. The molecule has 1 fully saturated rings. The molecule has 0 bridgehead atoms. The number of nitrogens with one attached hydrogen (secondary N) is 2. The van der Waals surface area contributed by atoms with Gasteiger partial charge in [0.2, 0.25) is 0 Å². The van der Waals surface area contributed by atoms with Crippen molar-refractivity contribution in [3.05, 3.63) is 0 Å². The minimum absolute atomic E-state index is 0. The molecular formula is C14H27F3IN3O2. The first-order chi connectivity index (χ1) is 10.4. The Kier molecular flexibility index (Phi) is 11.2. The van der Waals surface area contributed by atoms with Gasteiger partial charge in [0.15, 0.2) is 5.96 Å². The maximum absolute atomic E-state index is 12.0. The summed E-state index contributed by atoms with van der Waals surface area (Å²) in [4.78, 5) is 4.06. The number of aliphatic hydroxyl groups is 1. The lowest BCUT2D eigenvalue weighted by Gasteiger charge is -2.27. The fourth-order valence-corrected chi connectivity index (χ4v) is 2.46. The third-order valence-electron chi connectivity index (χ3n) is 3.86. The van der Waals surface area contributed by atoms with Crippen molar-refractivity contribution in [3.8, 4) is 0 Å². The highest BCUT2D eigenvalue weighted by atomic mass is 127. The lowest BCUT2D eigenvalue weighted by molar-refractivity contribution is -0.135. The van der Waals surface area contributed by atoms with Crippen LogP contribution in [0.1, 0.15) is 32.1 Å². The summed E-state index contributed by atoms with van der Waals surface area (Å²) in [5.41, 5.74) is -0.0946. The third kappa shape index (κ3) is 9.55. The number of guanidine groups is 1. The first kappa shape index (κ1) is 22.7. The highest BCUT2D eigenvalue weighted by molar-refractivity contribution is 14.0. The number of alkyl halides is 3. The van der Waals surface area contributed by atoms with E-state index in [9.17, 15) is 13.2 Å². The van der Waals surface area contributed by atoms with Crippen LogP contribution in [0.25, 0.3) is 0 Å². The summed E-state index contributed by atoms with van der Waals surface area (Å²) in [6.45, 7) is 2.46. The van der Waals surface area contributed by atoms with E-state index in [2.05, 4.69) is 15.6 Å². The second-order valence-corrected chi connectivity index (χ2v) is 5.70. The molecule has 1 unspecified atom stereocenters. The van der Waals surface area contributed by atoms with Crippen molar-refractivity contribution in [3.63, 3.8) is 0 Å². The summed E-state index contributed by atoms with van der Waals surface area (Å²) in [6.07, 6.45) is -2.76. The number of aliphatic imine (C=N–C) groups is 1. The van der Waals surface area contributed by atoms with Crippen molar-refractivity contribution in [2.75, 3.05) is 40.0 Å². The molecule has 0 aliphatic carbocycles. The largest absolute Gasteiger partial charge is 0.396 e. The molecule has 0 aromatic carbocycles. The average Bonchev–Trinajstić information content (AvgIpc) is 2.90.